The van der Waals surface area contributed by atoms with Gasteiger partial charge < -0.3 is 9.88 Å². The molecule has 28 heavy (non-hydrogen) atoms. The zero-order valence-electron chi connectivity index (χ0n) is 15.9. The highest BCUT2D eigenvalue weighted by atomic mass is 16.2. The summed E-state index contributed by atoms with van der Waals surface area (Å²) >= 11 is 0. The number of carbonyl (C=O) groups excluding carboxylic acids is 1. The lowest BCUT2D eigenvalue weighted by Gasteiger charge is -2.22. The van der Waals surface area contributed by atoms with Crippen molar-refractivity contribution in [2.45, 2.75) is 32.2 Å². The summed E-state index contributed by atoms with van der Waals surface area (Å²) < 4.78 is 1.74. The Hall–Kier alpha value is -3.29. The van der Waals surface area contributed by atoms with Gasteiger partial charge in [-0.15, -0.1) is 0 Å². The topological polar surface area (TPSA) is 96.8 Å². The van der Waals surface area contributed by atoms with Gasteiger partial charge in [0.1, 0.15) is 11.9 Å². The summed E-state index contributed by atoms with van der Waals surface area (Å²) in [5.41, 5.74) is 2.22. The Morgan fingerprint density at radius 1 is 1.25 bits per heavy atom. The molecule has 1 amide bonds. The van der Waals surface area contributed by atoms with Gasteiger partial charge >= 0.3 is 0 Å². The van der Waals surface area contributed by atoms with Gasteiger partial charge in [-0.1, -0.05) is 0 Å². The molecule has 0 saturated carbocycles. The summed E-state index contributed by atoms with van der Waals surface area (Å²) in [7, 11) is 0. The molecule has 0 radical (unpaired) electrons. The first-order valence-electron chi connectivity index (χ1n) is 9.33. The number of rotatable bonds is 4. The van der Waals surface area contributed by atoms with E-state index in [4.69, 9.17) is 0 Å². The van der Waals surface area contributed by atoms with Gasteiger partial charge in [0.2, 0.25) is 5.91 Å². The van der Waals surface area contributed by atoms with Crippen LogP contribution in [0.3, 0.4) is 0 Å². The van der Waals surface area contributed by atoms with Crippen molar-refractivity contribution in [2.75, 3.05) is 13.1 Å². The van der Waals surface area contributed by atoms with E-state index in [0.29, 0.717) is 24.6 Å². The molecule has 1 aliphatic heterocycles. The first-order chi connectivity index (χ1) is 13.5. The van der Waals surface area contributed by atoms with Crippen molar-refractivity contribution in [1.29, 1.82) is 0 Å². The molecule has 2 atom stereocenters. The molecule has 3 aromatic heterocycles. The van der Waals surface area contributed by atoms with Crippen LogP contribution in [0.5, 0.6) is 0 Å². The molecule has 3 aromatic rings. The first-order valence-corrected chi connectivity index (χ1v) is 9.33. The predicted molar refractivity (Wildman–Crippen MR) is 104 cm³/mol. The van der Waals surface area contributed by atoms with Crippen molar-refractivity contribution in [3.8, 4) is 11.3 Å². The summed E-state index contributed by atoms with van der Waals surface area (Å²) in [6.07, 6.45) is 5.81. The number of H-pyrrole nitrogens is 1. The van der Waals surface area contributed by atoms with Crippen molar-refractivity contribution >= 4 is 5.91 Å². The van der Waals surface area contributed by atoms with E-state index in [1.807, 2.05) is 36.9 Å². The van der Waals surface area contributed by atoms with Crippen molar-refractivity contribution in [2.24, 2.45) is 0 Å². The fraction of sp³-hybridized carbons (Fsp3) is 0.350. The maximum atomic E-state index is 12.9. The number of aromatic amines is 1. The van der Waals surface area contributed by atoms with E-state index in [0.717, 1.165) is 17.7 Å². The molecular weight excluding hydrogens is 356 g/mol. The monoisotopic (exact) mass is 378 g/mol. The number of aryl methyl sites for hydroxylation is 1. The second kappa shape index (κ2) is 7.38. The quantitative estimate of drug-likeness (QED) is 0.748. The van der Waals surface area contributed by atoms with Gasteiger partial charge in [-0.05, 0) is 38.5 Å². The Labute approximate surface area is 162 Å². The average Bonchev–Trinajstić information content (AvgIpc) is 3.36. The number of aromatic nitrogens is 5. The van der Waals surface area contributed by atoms with E-state index in [1.54, 1.807) is 23.3 Å². The second-order valence-electron chi connectivity index (χ2n) is 7.11. The van der Waals surface area contributed by atoms with Crippen LogP contribution in [-0.4, -0.2) is 48.6 Å². The normalized spacial score (nSPS) is 17.6. The lowest BCUT2D eigenvalue weighted by molar-refractivity contribution is -0.133. The van der Waals surface area contributed by atoms with Crippen molar-refractivity contribution in [3.05, 3.63) is 64.7 Å². The molecule has 0 spiro atoms. The number of amides is 1. The molecule has 0 unspecified atom stereocenters. The van der Waals surface area contributed by atoms with E-state index < -0.39 is 0 Å². The van der Waals surface area contributed by atoms with Gasteiger partial charge in [0, 0.05) is 54.9 Å². The SMILES string of the molecule is Cc1ccnn1[C@@H](C)C(=O)N1CC[C@H](c2nc(-c3ccncc3)cc(=O)[nH]2)C1. The van der Waals surface area contributed by atoms with Crippen LogP contribution in [0.15, 0.2) is 47.7 Å². The molecule has 1 fully saturated rings. The number of hydrogen-bond acceptors (Lipinski definition) is 5. The number of pyridine rings is 1. The standard InChI is InChI=1S/C20H22N6O2/c1-13-3-9-22-26(13)14(2)20(28)25-10-6-16(12-25)19-23-17(11-18(27)24-19)15-4-7-21-8-5-15/h3-5,7-9,11,14,16H,6,10,12H2,1-2H3,(H,23,24,27)/t14-,16-/m0/s1. The fourth-order valence-electron chi connectivity index (χ4n) is 3.68. The van der Waals surface area contributed by atoms with Gasteiger partial charge in [-0.2, -0.15) is 5.10 Å². The van der Waals surface area contributed by atoms with Gasteiger partial charge in [0.05, 0.1) is 5.69 Å². The molecule has 8 nitrogen and oxygen atoms in total. The van der Waals surface area contributed by atoms with E-state index in [9.17, 15) is 9.59 Å². The number of hydrogen-bond donors (Lipinski definition) is 1. The largest absolute Gasteiger partial charge is 0.340 e. The minimum absolute atomic E-state index is 0.00403. The van der Waals surface area contributed by atoms with Gasteiger partial charge in [0.25, 0.3) is 5.56 Å². The fourth-order valence-corrected chi connectivity index (χ4v) is 3.68. The van der Waals surface area contributed by atoms with Crippen LogP contribution in [0.25, 0.3) is 11.3 Å². The Balaban J connectivity index is 1.53. The number of carbonyl (C=O) groups is 1. The molecule has 8 heteroatoms. The van der Waals surface area contributed by atoms with Crippen LogP contribution in [0, 0.1) is 6.92 Å². The Morgan fingerprint density at radius 3 is 2.75 bits per heavy atom. The zero-order valence-corrected chi connectivity index (χ0v) is 15.9. The highest BCUT2D eigenvalue weighted by Gasteiger charge is 2.32. The first kappa shape index (κ1) is 18.1. The Morgan fingerprint density at radius 2 is 2.04 bits per heavy atom. The summed E-state index contributed by atoms with van der Waals surface area (Å²) in [6, 6.07) is 6.66. The minimum Gasteiger partial charge on any atom is -0.340 e. The molecule has 144 valence electrons. The van der Waals surface area contributed by atoms with Crippen LogP contribution in [0.2, 0.25) is 0 Å². The molecular formula is C20H22N6O2. The summed E-state index contributed by atoms with van der Waals surface area (Å²) in [6.45, 7) is 4.96. The maximum absolute atomic E-state index is 12.9. The van der Waals surface area contributed by atoms with Crippen LogP contribution >= 0.6 is 0 Å². The zero-order chi connectivity index (χ0) is 19.7. The number of nitrogens with one attached hydrogen (secondary N) is 1. The van der Waals surface area contributed by atoms with E-state index in [1.165, 1.54) is 6.07 Å². The molecule has 0 bridgehead atoms. The van der Waals surface area contributed by atoms with Crippen LogP contribution < -0.4 is 5.56 Å². The van der Waals surface area contributed by atoms with Crippen molar-refractivity contribution in [3.63, 3.8) is 0 Å². The molecule has 1 N–H and O–H groups in total. The maximum Gasteiger partial charge on any atom is 0.251 e. The molecule has 0 aromatic carbocycles. The smallest absolute Gasteiger partial charge is 0.251 e. The van der Waals surface area contributed by atoms with Crippen molar-refractivity contribution in [1.82, 2.24) is 29.6 Å². The lowest BCUT2D eigenvalue weighted by atomic mass is 10.1. The molecule has 4 heterocycles. The van der Waals surface area contributed by atoms with Crippen molar-refractivity contribution < 1.29 is 4.79 Å². The summed E-state index contributed by atoms with van der Waals surface area (Å²) in [5.74, 6) is 0.656. The second-order valence-corrected chi connectivity index (χ2v) is 7.11. The minimum atomic E-state index is -0.357. The summed E-state index contributed by atoms with van der Waals surface area (Å²) in [4.78, 5) is 38.4. The highest BCUT2D eigenvalue weighted by molar-refractivity contribution is 5.80. The lowest BCUT2D eigenvalue weighted by Crippen LogP contribution is -2.35. The Bertz CT molecular complexity index is 1040. The molecule has 1 aliphatic rings. The summed E-state index contributed by atoms with van der Waals surface area (Å²) in [5, 5.41) is 4.25. The predicted octanol–water partition coefficient (Wildman–Crippen LogP) is 1.91. The Kier molecular flexibility index (Phi) is 4.77. The van der Waals surface area contributed by atoms with E-state index >= 15 is 0 Å². The van der Waals surface area contributed by atoms with Crippen LogP contribution in [-0.2, 0) is 4.79 Å². The van der Waals surface area contributed by atoms with Crippen LogP contribution in [0.1, 0.15) is 36.8 Å². The highest BCUT2D eigenvalue weighted by Crippen LogP contribution is 2.27. The molecule has 0 aliphatic carbocycles. The number of likely N-dealkylation sites (tertiary alicyclic amines) is 1. The third-order valence-corrected chi connectivity index (χ3v) is 5.22. The molecule has 4 rings (SSSR count). The van der Waals surface area contributed by atoms with E-state index in [2.05, 4.69) is 20.1 Å². The van der Waals surface area contributed by atoms with Gasteiger partial charge in [-0.25, -0.2) is 4.98 Å². The average molecular weight is 378 g/mol. The van der Waals surface area contributed by atoms with E-state index in [-0.39, 0.29) is 23.4 Å². The van der Waals surface area contributed by atoms with Gasteiger partial charge in [-0.3, -0.25) is 19.3 Å². The van der Waals surface area contributed by atoms with Crippen LogP contribution in [0.4, 0.5) is 0 Å². The molecule has 1 saturated heterocycles. The third-order valence-electron chi connectivity index (χ3n) is 5.22. The third kappa shape index (κ3) is 3.45. The number of nitrogens with zero attached hydrogens (tertiary/aromatic N) is 5. The van der Waals surface area contributed by atoms with Gasteiger partial charge in [0.15, 0.2) is 0 Å².